The molecular weight excluding hydrogens is 350 g/mol. The van der Waals surface area contributed by atoms with E-state index in [1.807, 2.05) is 64.3 Å². The first kappa shape index (κ1) is 20.0. The number of carbonyl (C=O) groups is 2. The van der Waals surface area contributed by atoms with Crippen molar-refractivity contribution in [3.8, 4) is 0 Å². The molecule has 1 heterocycles. The van der Waals surface area contributed by atoms with Crippen LogP contribution in [0.2, 0.25) is 0 Å². The maximum Gasteiger partial charge on any atom is 0.265 e. The second-order valence-electron chi connectivity index (χ2n) is 7.52. The summed E-state index contributed by atoms with van der Waals surface area (Å²) in [5.41, 5.74) is 4.07. The highest BCUT2D eigenvalue weighted by molar-refractivity contribution is 6.29. The minimum absolute atomic E-state index is 0.247. The number of hydrogen-bond donors (Lipinski definition) is 0. The van der Waals surface area contributed by atoms with E-state index in [0.29, 0.717) is 17.8 Å². The van der Waals surface area contributed by atoms with Crippen LogP contribution in [0.15, 0.2) is 47.5 Å². The average Bonchev–Trinajstić information content (AvgIpc) is 2.66. The smallest absolute Gasteiger partial charge is 0.265 e. The van der Waals surface area contributed by atoms with Gasteiger partial charge in [-0.3, -0.25) is 14.6 Å². The van der Waals surface area contributed by atoms with Crippen LogP contribution in [0.3, 0.4) is 0 Å². The maximum absolute atomic E-state index is 13.3. The Morgan fingerprint density at radius 2 is 1.82 bits per heavy atom. The predicted octanol–water partition coefficient (Wildman–Crippen LogP) is 3.60. The maximum atomic E-state index is 13.3. The van der Waals surface area contributed by atoms with E-state index in [0.717, 1.165) is 29.7 Å². The molecule has 0 fully saturated rings. The Hall–Kier alpha value is -2.79. The molecule has 28 heavy (non-hydrogen) atoms. The lowest BCUT2D eigenvalue weighted by Gasteiger charge is -2.31. The van der Waals surface area contributed by atoms with Crippen LogP contribution in [-0.4, -0.2) is 50.1 Å². The van der Waals surface area contributed by atoms with E-state index in [1.165, 1.54) is 4.90 Å². The van der Waals surface area contributed by atoms with Gasteiger partial charge in [0.25, 0.3) is 5.91 Å². The number of imide groups is 1. The average molecular weight is 377 g/mol. The fraction of sp³-hybridized carbons (Fsp3) is 0.348. The normalized spacial score (nSPS) is 16.9. The molecule has 0 aliphatic carbocycles. The zero-order chi connectivity index (χ0) is 20.3. The van der Waals surface area contributed by atoms with Gasteiger partial charge in [-0.05, 0) is 75.8 Å². The number of nitrogens with zero attached hydrogens (tertiary/aromatic N) is 3. The Labute approximate surface area is 166 Å². The molecule has 0 saturated carbocycles. The molecule has 0 unspecified atom stereocenters. The van der Waals surface area contributed by atoms with E-state index in [1.54, 1.807) is 12.3 Å². The second-order valence-corrected chi connectivity index (χ2v) is 7.52. The first-order chi connectivity index (χ1) is 13.4. The van der Waals surface area contributed by atoms with Crippen LogP contribution in [-0.2, 0) is 4.79 Å². The van der Waals surface area contributed by atoms with Crippen LogP contribution in [0.25, 0.3) is 0 Å². The SMILES string of the molecule is Cc1ccc(N2C(=O)c3ccccc3[C@H](C=NCCCN(C)C)C2=O)cc1C. The quantitative estimate of drug-likeness (QED) is 0.439. The minimum Gasteiger partial charge on any atom is -0.309 e. The van der Waals surface area contributed by atoms with Crippen LogP contribution < -0.4 is 4.90 Å². The molecule has 1 aliphatic heterocycles. The lowest BCUT2D eigenvalue weighted by atomic mass is 9.88. The van der Waals surface area contributed by atoms with Gasteiger partial charge in [0, 0.05) is 18.3 Å². The molecule has 5 nitrogen and oxygen atoms in total. The van der Waals surface area contributed by atoms with Crippen LogP contribution in [0.1, 0.15) is 39.4 Å². The summed E-state index contributed by atoms with van der Waals surface area (Å²) in [5, 5.41) is 0. The summed E-state index contributed by atoms with van der Waals surface area (Å²) in [7, 11) is 4.05. The zero-order valence-electron chi connectivity index (χ0n) is 17.0. The zero-order valence-corrected chi connectivity index (χ0v) is 17.0. The van der Waals surface area contributed by atoms with Crippen LogP contribution >= 0.6 is 0 Å². The number of anilines is 1. The van der Waals surface area contributed by atoms with Crippen molar-refractivity contribution in [1.29, 1.82) is 0 Å². The molecule has 0 bridgehead atoms. The second kappa shape index (κ2) is 8.48. The molecule has 0 spiro atoms. The Morgan fingerprint density at radius 1 is 1.07 bits per heavy atom. The number of rotatable bonds is 6. The summed E-state index contributed by atoms with van der Waals surface area (Å²) in [5.74, 6) is -1.07. The summed E-state index contributed by atoms with van der Waals surface area (Å²) in [6.07, 6.45) is 2.63. The van der Waals surface area contributed by atoms with Gasteiger partial charge in [-0.15, -0.1) is 0 Å². The number of hydrogen-bond acceptors (Lipinski definition) is 4. The number of fused-ring (bicyclic) bond motifs is 1. The summed E-state index contributed by atoms with van der Waals surface area (Å²) < 4.78 is 0. The molecule has 3 rings (SSSR count). The molecule has 0 saturated heterocycles. The van der Waals surface area contributed by atoms with Gasteiger partial charge in [-0.2, -0.15) is 0 Å². The predicted molar refractivity (Wildman–Crippen MR) is 113 cm³/mol. The highest BCUT2D eigenvalue weighted by Gasteiger charge is 2.38. The van der Waals surface area contributed by atoms with Crippen molar-refractivity contribution in [3.63, 3.8) is 0 Å². The first-order valence-electron chi connectivity index (χ1n) is 9.59. The van der Waals surface area contributed by atoms with Gasteiger partial charge in [0.15, 0.2) is 0 Å². The van der Waals surface area contributed by atoms with Crippen LogP contribution in [0.5, 0.6) is 0 Å². The molecule has 1 atom stereocenters. The van der Waals surface area contributed by atoms with Gasteiger partial charge >= 0.3 is 0 Å². The molecule has 0 N–H and O–H groups in total. The lowest BCUT2D eigenvalue weighted by Crippen LogP contribution is -2.45. The highest BCUT2D eigenvalue weighted by atomic mass is 16.2. The molecule has 5 heteroatoms. The number of amides is 2. The number of benzene rings is 2. The largest absolute Gasteiger partial charge is 0.309 e. The Bertz CT molecular complexity index is 918. The van der Waals surface area contributed by atoms with Gasteiger partial charge in [-0.25, -0.2) is 4.90 Å². The standard InChI is InChI=1S/C23H27N3O2/c1-16-10-11-18(14-17(16)2)26-22(27)20-9-6-5-8-19(20)21(23(26)28)15-24-12-7-13-25(3)4/h5-6,8-11,14-15,21H,7,12-13H2,1-4H3/t21-/m0/s1. The Balaban J connectivity index is 1.94. The van der Waals surface area contributed by atoms with Gasteiger partial charge in [0.05, 0.1) is 11.6 Å². The molecule has 2 amide bonds. The van der Waals surface area contributed by atoms with Gasteiger partial charge in [-0.1, -0.05) is 24.3 Å². The van der Waals surface area contributed by atoms with Crippen molar-refractivity contribution in [2.24, 2.45) is 4.99 Å². The van der Waals surface area contributed by atoms with Crippen molar-refractivity contribution >= 4 is 23.7 Å². The van der Waals surface area contributed by atoms with Crippen molar-refractivity contribution in [2.75, 3.05) is 32.1 Å². The third-order valence-corrected chi connectivity index (χ3v) is 5.11. The van der Waals surface area contributed by atoms with Crippen LogP contribution in [0.4, 0.5) is 5.69 Å². The van der Waals surface area contributed by atoms with Crippen LogP contribution in [0, 0.1) is 13.8 Å². The van der Waals surface area contributed by atoms with Gasteiger partial charge in [0.1, 0.15) is 0 Å². The fourth-order valence-corrected chi connectivity index (χ4v) is 3.37. The Kier molecular flexibility index (Phi) is 6.05. The monoisotopic (exact) mass is 377 g/mol. The number of carbonyl (C=O) groups excluding carboxylic acids is 2. The van der Waals surface area contributed by atoms with Gasteiger partial charge < -0.3 is 4.90 Å². The topological polar surface area (TPSA) is 53.0 Å². The number of aryl methyl sites for hydroxylation is 2. The minimum atomic E-state index is -0.546. The molecule has 0 radical (unpaired) electrons. The van der Waals surface area contributed by atoms with Crippen molar-refractivity contribution in [1.82, 2.24) is 4.90 Å². The molecule has 2 aromatic rings. The summed E-state index contributed by atoms with van der Waals surface area (Å²) in [6, 6.07) is 13.0. The third-order valence-electron chi connectivity index (χ3n) is 5.11. The fourth-order valence-electron chi connectivity index (χ4n) is 3.37. The van der Waals surface area contributed by atoms with Crippen molar-refractivity contribution < 1.29 is 9.59 Å². The van der Waals surface area contributed by atoms with E-state index in [-0.39, 0.29) is 11.8 Å². The molecular formula is C23H27N3O2. The van der Waals surface area contributed by atoms with E-state index in [2.05, 4.69) is 9.89 Å². The Morgan fingerprint density at radius 3 is 2.54 bits per heavy atom. The summed E-state index contributed by atoms with van der Waals surface area (Å²) >= 11 is 0. The molecule has 1 aliphatic rings. The lowest BCUT2D eigenvalue weighted by molar-refractivity contribution is -0.118. The molecule has 2 aromatic carbocycles. The number of aliphatic imine (C=N–C) groups is 1. The van der Waals surface area contributed by atoms with Crippen molar-refractivity contribution in [2.45, 2.75) is 26.2 Å². The third kappa shape index (κ3) is 4.04. The molecule has 0 aromatic heterocycles. The van der Waals surface area contributed by atoms with Gasteiger partial charge in [0.2, 0.25) is 5.91 Å². The van der Waals surface area contributed by atoms with E-state index >= 15 is 0 Å². The highest BCUT2D eigenvalue weighted by Crippen LogP contribution is 2.32. The molecule has 146 valence electrons. The van der Waals surface area contributed by atoms with E-state index < -0.39 is 5.92 Å². The van der Waals surface area contributed by atoms with Crippen molar-refractivity contribution in [3.05, 3.63) is 64.7 Å². The summed E-state index contributed by atoms with van der Waals surface area (Å²) in [6.45, 7) is 5.59. The first-order valence-corrected chi connectivity index (χ1v) is 9.59. The summed E-state index contributed by atoms with van der Waals surface area (Å²) in [4.78, 5) is 34.2. The van der Waals surface area contributed by atoms with E-state index in [9.17, 15) is 9.59 Å². The van der Waals surface area contributed by atoms with E-state index in [4.69, 9.17) is 0 Å².